The monoisotopic (exact) mass is 113 g/mol. The van der Waals surface area contributed by atoms with Crippen LogP contribution in [0.2, 0.25) is 0 Å². The van der Waals surface area contributed by atoms with Gasteiger partial charge in [0, 0.05) is 13.8 Å². The molecule has 4 heteroatoms. The van der Waals surface area contributed by atoms with Gasteiger partial charge in [-0.2, -0.15) is 0 Å². The Morgan fingerprint density at radius 2 is 2.14 bits per heavy atom. The maximum Gasteiger partial charge on any atom is 0.0620 e. The standard InChI is InChI=1S/C2H2N2S.CH4.B/c1-2-5-4-3-1;;/h1-2H;1H4;. The Bertz CT molecular complexity index is 69.4. The Morgan fingerprint density at radius 3 is 2.29 bits per heavy atom. The molecule has 3 radical (unpaired) electrons. The first-order valence-electron chi connectivity index (χ1n) is 1.21. The number of nitrogens with zero attached hydrogens (tertiary/aromatic N) is 2. The average Bonchev–Trinajstić information content (AvgIpc) is 1.76. The summed E-state index contributed by atoms with van der Waals surface area (Å²) in [6.45, 7) is 0. The summed E-state index contributed by atoms with van der Waals surface area (Å²) in [6, 6.07) is 0. The highest BCUT2D eigenvalue weighted by molar-refractivity contribution is 7.03. The first-order valence-corrected chi connectivity index (χ1v) is 2.05. The van der Waals surface area contributed by atoms with Crippen LogP contribution in [0.5, 0.6) is 0 Å². The minimum atomic E-state index is 0. The van der Waals surface area contributed by atoms with Gasteiger partial charge in [-0.3, -0.25) is 0 Å². The molecule has 1 heterocycles. The lowest BCUT2D eigenvalue weighted by Gasteiger charge is -1.40. The van der Waals surface area contributed by atoms with Crippen molar-refractivity contribution < 1.29 is 0 Å². The quantitative estimate of drug-likeness (QED) is 0.465. The van der Waals surface area contributed by atoms with E-state index in [1.54, 1.807) is 6.20 Å². The highest BCUT2D eigenvalue weighted by Gasteiger charge is 1.61. The van der Waals surface area contributed by atoms with Crippen LogP contribution in [0.4, 0.5) is 0 Å². The van der Waals surface area contributed by atoms with E-state index in [2.05, 4.69) is 9.59 Å². The molecular formula is C3H6BN2S. The molecule has 0 spiro atoms. The summed E-state index contributed by atoms with van der Waals surface area (Å²) in [5.74, 6) is 0. The van der Waals surface area contributed by atoms with Crippen molar-refractivity contribution >= 4 is 19.9 Å². The van der Waals surface area contributed by atoms with E-state index in [1.165, 1.54) is 11.5 Å². The van der Waals surface area contributed by atoms with Crippen LogP contribution in [0.15, 0.2) is 11.6 Å². The van der Waals surface area contributed by atoms with Gasteiger partial charge in [-0.25, -0.2) is 0 Å². The lowest BCUT2D eigenvalue weighted by Crippen LogP contribution is -1.51. The van der Waals surface area contributed by atoms with Crippen molar-refractivity contribution in [3.05, 3.63) is 11.6 Å². The van der Waals surface area contributed by atoms with Gasteiger partial charge in [0.2, 0.25) is 0 Å². The van der Waals surface area contributed by atoms with Crippen molar-refractivity contribution in [3.63, 3.8) is 0 Å². The molecule has 0 N–H and O–H groups in total. The third-order valence-electron chi connectivity index (χ3n) is 0.283. The predicted molar refractivity (Wildman–Crippen MR) is 32.4 cm³/mol. The van der Waals surface area contributed by atoms with E-state index in [0.29, 0.717) is 0 Å². The topological polar surface area (TPSA) is 25.8 Å². The fourth-order valence-electron chi connectivity index (χ4n) is 0.136. The maximum atomic E-state index is 3.51. The van der Waals surface area contributed by atoms with E-state index in [1.807, 2.05) is 5.38 Å². The van der Waals surface area contributed by atoms with Crippen molar-refractivity contribution in [2.24, 2.45) is 0 Å². The number of aromatic nitrogens is 2. The van der Waals surface area contributed by atoms with Crippen LogP contribution < -0.4 is 0 Å². The maximum absolute atomic E-state index is 3.51. The summed E-state index contributed by atoms with van der Waals surface area (Å²) in [5.41, 5.74) is 0. The summed E-state index contributed by atoms with van der Waals surface area (Å²) >= 11 is 1.35. The van der Waals surface area contributed by atoms with E-state index in [0.717, 1.165) is 0 Å². The first kappa shape index (κ1) is 9.80. The molecule has 0 unspecified atom stereocenters. The largest absolute Gasteiger partial charge is 0.147 e. The molecule has 0 saturated heterocycles. The summed E-state index contributed by atoms with van der Waals surface area (Å²) in [7, 11) is 0. The molecule has 1 aromatic heterocycles. The summed E-state index contributed by atoms with van der Waals surface area (Å²) in [6.07, 6.45) is 1.66. The molecule has 0 atom stereocenters. The molecule has 1 aromatic rings. The van der Waals surface area contributed by atoms with Crippen LogP contribution >= 0.6 is 11.5 Å². The third kappa shape index (κ3) is 3.46. The van der Waals surface area contributed by atoms with E-state index in [-0.39, 0.29) is 15.8 Å². The van der Waals surface area contributed by atoms with Crippen molar-refractivity contribution in [1.29, 1.82) is 0 Å². The van der Waals surface area contributed by atoms with Gasteiger partial charge >= 0.3 is 0 Å². The Hall–Kier alpha value is -0.375. The van der Waals surface area contributed by atoms with Gasteiger partial charge in [0.05, 0.1) is 6.20 Å². The summed E-state index contributed by atoms with van der Waals surface area (Å²) in [4.78, 5) is 0. The molecule has 0 fully saturated rings. The smallest absolute Gasteiger partial charge is 0.0620 e. The Morgan fingerprint density at radius 1 is 1.43 bits per heavy atom. The fourth-order valence-corrected chi connectivity index (χ4v) is 0.408. The molecule has 0 saturated carbocycles. The van der Waals surface area contributed by atoms with Gasteiger partial charge in [-0.15, -0.1) is 5.10 Å². The zero-order valence-electron chi connectivity index (χ0n) is 3.03. The van der Waals surface area contributed by atoms with Gasteiger partial charge in [0.25, 0.3) is 0 Å². The Labute approximate surface area is 49.3 Å². The second-order valence-electron chi connectivity index (χ2n) is 0.588. The van der Waals surface area contributed by atoms with Crippen molar-refractivity contribution in [3.8, 4) is 0 Å². The summed E-state index contributed by atoms with van der Waals surface area (Å²) < 4.78 is 3.51. The van der Waals surface area contributed by atoms with Gasteiger partial charge in [0.15, 0.2) is 0 Å². The molecule has 0 amide bonds. The van der Waals surface area contributed by atoms with Crippen LogP contribution in [0.1, 0.15) is 7.43 Å². The van der Waals surface area contributed by atoms with Crippen LogP contribution in [0.3, 0.4) is 0 Å². The molecule has 7 heavy (non-hydrogen) atoms. The van der Waals surface area contributed by atoms with Gasteiger partial charge in [-0.05, 0) is 11.5 Å². The van der Waals surface area contributed by atoms with Crippen molar-refractivity contribution in [1.82, 2.24) is 9.59 Å². The zero-order chi connectivity index (χ0) is 3.54. The van der Waals surface area contributed by atoms with Crippen molar-refractivity contribution in [2.75, 3.05) is 0 Å². The highest BCUT2D eigenvalue weighted by atomic mass is 32.1. The van der Waals surface area contributed by atoms with E-state index < -0.39 is 0 Å². The van der Waals surface area contributed by atoms with Crippen LogP contribution in [0, 0.1) is 0 Å². The van der Waals surface area contributed by atoms with Gasteiger partial charge in [-0.1, -0.05) is 11.9 Å². The van der Waals surface area contributed by atoms with E-state index in [9.17, 15) is 0 Å². The minimum Gasteiger partial charge on any atom is -0.147 e. The Balaban J connectivity index is 0. The zero-order valence-corrected chi connectivity index (χ0v) is 3.85. The van der Waals surface area contributed by atoms with Crippen LogP contribution in [-0.4, -0.2) is 18.0 Å². The second-order valence-corrected chi connectivity index (χ2v) is 1.23. The van der Waals surface area contributed by atoms with E-state index in [4.69, 9.17) is 0 Å². The minimum absolute atomic E-state index is 0. The van der Waals surface area contributed by atoms with Crippen LogP contribution in [0.25, 0.3) is 0 Å². The molecule has 2 nitrogen and oxygen atoms in total. The van der Waals surface area contributed by atoms with Crippen LogP contribution in [-0.2, 0) is 0 Å². The molecule has 0 aliphatic heterocycles. The number of rotatable bonds is 0. The molecule has 0 aromatic carbocycles. The number of hydrogen-bond donors (Lipinski definition) is 0. The van der Waals surface area contributed by atoms with Gasteiger partial charge < -0.3 is 0 Å². The predicted octanol–water partition coefficient (Wildman–Crippen LogP) is 0.793. The first-order chi connectivity index (χ1) is 2.50. The van der Waals surface area contributed by atoms with E-state index >= 15 is 0 Å². The molecule has 1 rings (SSSR count). The fraction of sp³-hybridized carbons (Fsp3) is 0.333. The summed E-state index contributed by atoms with van der Waals surface area (Å²) in [5, 5.41) is 5.31. The lowest BCUT2D eigenvalue weighted by molar-refractivity contribution is 1.16. The molecule has 37 valence electrons. The third-order valence-corrected chi connectivity index (χ3v) is 0.715. The highest BCUT2D eigenvalue weighted by Crippen LogP contribution is 1.78. The second kappa shape index (κ2) is 5.62. The SMILES string of the molecule is C.[B].c1csnn1. The molecule has 0 aliphatic carbocycles. The Kier molecular flexibility index (Phi) is 7.87. The van der Waals surface area contributed by atoms with Gasteiger partial charge in [0.1, 0.15) is 0 Å². The average molecular weight is 113 g/mol. The normalized spacial score (nSPS) is 5.71. The molecular weight excluding hydrogens is 107 g/mol. The molecule has 0 aliphatic rings. The lowest BCUT2D eigenvalue weighted by atomic mass is 10.8. The molecule has 0 bridgehead atoms. The number of hydrogen-bond acceptors (Lipinski definition) is 3. The van der Waals surface area contributed by atoms with Crippen molar-refractivity contribution in [2.45, 2.75) is 7.43 Å².